The van der Waals surface area contributed by atoms with Gasteiger partial charge >= 0.3 is 0 Å². The second-order valence-corrected chi connectivity index (χ2v) is 3.92. The minimum atomic E-state index is 0.969. The maximum atomic E-state index is 2.75. The van der Waals surface area contributed by atoms with Crippen LogP contribution in [-0.4, -0.2) is 14.1 Å². The van der Waals surface area contributed by atoms with Crippen LogP contribution in [0.25, 0.3) is 0 Å². The van der Waals surface area contributed by atoms with E-state index in [1.807, 2.05) is 14.1 Å². The van der Waals surface area contributed by atoms with Crippen molar-refractivity contribution in [1.82, 2.24) is 5.32 Å². The monoisotopic (exact) mass is 175 g/mol. The van der Waals surface area contributed by atoms with Crippen molar-refractivity contribution >= 4 is 0 Å². The molecule has 1 N–H and O–H groups in total. The maximum Gasteiger partial charge on any atom is -0.00899 e. The van der Waals surface area contributed by atoms with E-state index in [0.717, 1.165) is 11.8 Å². The average Bonchev–Trinajstić information content (AvgIpc) is 2.07. The van der Waals surface area contributed by atoms with Gasteiger partial charge in [0.1, 0.15) is 0 Å². The summed E-state index contributed by atoms with van der Waals surface area (Å²) in [6, 6.07) is 8.89. The molecule has 0 saturated heterocycles. The number of nitrogens with one attached hydrogen (secondary N) is 1. The Morgan fingerprint density at radius 2 is 1.38 bits per heavy atom. The van der Waals surface area contributed by atoms with Gasteiger partial charge in [0.15, 0.2) is 0 Å². The molecule has 2 aliphatic carbocycles. The summed E-state index contributed by atoms with van der Waals surface area (Å²) in [5, 5.41) is 2.75. The Hall–Kier alpha value is -0.820. The zero-order valence-corrected chi connectivity index (χ0v) is 8.38. The fraction of sp³-hybridized carbons (Fsp3) is 0.500. The molecular formula is C12H17N. The Morgan fingerprint density at radius 1 is 1.00 bits per heavy atom. The fourth-order valence-electron chi connectivity index (χ4n) is 2.33. The molecule has 0 amide bonds. The first-order valence-electron chi connectivity index (χ1n) is 5.05. The molecule has 0 bridgehead atoms. The van der Waals surface area contributed by atoms with Crippen LogP contribution in [-0.2, 0) is 0 Å². The lowest BCUT2D eigenvalue weighted by Gasteiger charge is -2.48. The number of fused-ring (bicyclic) bond motifs is 4. The summed E-state index contributed by atoms with van der Waals surface area (Å²) in [4.78, 5) is 0. The van der Waals surface area contributed by atoms with Crippen LogP contribution < -0.4 is 5.32 Å². The molecule has 2 aliphatic rings. The molecule has 0 aromatic heterocycles. The Bertz CT molecular complexity index is 264. The van der Waals surface area contributed by atoms with E-state index in [9.17, 15) is 0 Å². The number of rotatable bonds is 0. The minimum absolute atomic E-state index is 0.969. The van der Waals surface area contributed by atoms with Crippen LogP contribution in [0.3, 0.4) is 0 Å². The molecule has 0 radical (unpaired) electrons. The molecule has 0 heterocycles. The number of hydrogen-bond donors (Lipinski definition) is 1. The van der Waals surface area contributed by atoms with E-state index in [0.29, 0.717) is 0 Å². The average molecular weight is 175 g/mol. The lowest BCUT2D eigenvalue weighted by molar-refractivity contribution is 0.294. The second-order valence-electron chi connectivity index (χ2n) is 3.92. The normalized spacial score (nSPS) is 26.9. The molecule has 1 aromatic rings. The SMILES string of the molecule is CNC.c1ccc2c(c1)C1CCC21. The van der Waals surface area contributed by atoms with Gasteiger partial charge in [-0.2, -0.15) is 0 Å². The van der Waals surface area contributed by atoms with E-state index in [4.69, 9.17) is 0 Å². The molecule has 0 spiro atoms. The van der Waals surface area contributed by atoms with Crippen molar-refractivity contribution in [1.29, 1.82) is 0 Å². The van der Waals surface area contributed by atoms with E-state index in [2.05, 4.69) is 29.6 Å². The van der Waals surface area contributed by atoms with Gasteiger partial charge < -0.3 is 5.32 Å². The molecular weight excluding hydrogens is 158 g/mol. The Labute approximate surface area is 80.2 Å². The third-order valence-electron chi connectivity index (χ3n) is 3.07. The topological polar surface area (TPSA) is 12.0 Å². The molecule has 13 heavy (non-hydrogen) atoms. The highest BCUT2D eigenvalue weighted by atomic mass is 14.7. The van der Waals surface area contributed by atoms with Crippen LogP contribution >= 0.6 is 0 Å². The third kappa shape index (κ3) is 1.28. The highest BCUT2D eigenvalue weighted by molar-refractivity contribution is 5.47. The molecule has 70 valence electrons. The van der Waals surface area contributed by atoms with Crippen LogP contribution in [0.5, 0.6) is 0 Å². The van der Waals surface area contributed by atoms with Gasteiger partial charge in [-0.15, -0.1) is 0 Å². The van der Waals surface area contributed by atoms with Crippen LogP contribution in [0.1, 0.15) is 35.8 Å². The Kier molecular flexibility index (Phi) is 2.36. The molecule has 1 heteroatoms. The van der Waals surface area contributed by atoms with Gasteiger partial charge in [-0.25, -0.2) is 0 Å². The van der Waals surface area contributed by atoms with Gasteiger partial charge in [0.2, 0.25) is 0 Å². The molecule has 0 aliphatic heterocycles. The number of benzene rings is 1. The van der Waals surface area contributed by atoms with Crippen molar-refractivity contribution in [2.75, 3.05) is 14.1 Å². The predicted molar refractivity (Wildman–Crippen MR) is 56.1 cm³/mol. The molecule has 2 atom stereocenters. The van der Waals surface area contributed by atoms with Crippen LogP contribution in [0.4, 0.5) is 0 Å². The molecule has 2 unspecified atom stereocenters. The Balaban J connectivity index is 0.000000196. The molecule has 1 fully saturated rings. The van der Waals surface area contributed by atoms with Gasteiger partial charge in [-0.3, -0.25) is 0 Å². The van der Waals surface area contributed by atoms with Crippen molar-refractivity contribution in [2.24, 2.45) is 0 Å². The highest BCUT2D eigenvalue weighted by Gasteiger charge is 2.43. The smallest absolute Gasteiger partial charge is 0.00899 e. The first-order valence-corrected chi connectivity index (χ1v) is 5.05. The van der Waals surface area contributed by atoms with Gasteiger partial charge in [0.05, 0.1) is 0 Å². The predicted octanol–water partition coefficient (Wildman–Crippen LogP) is 2.50. The van der Waals surface area contributed by atoms with E-state index in [-0.39, 0.29) is 0 Å². The number of hydrogen-bond acceptors (Lipinski definition) is 1. The minimum Gasteiger partial charge on any atom is -0.323 e. The van der Waals surface area contributed by atoms with Gasteiger partial charge in [-0.1, -0.05) is 24.3 Å². The molecule has 1 saturated carbocycles. The van der Waals surface area contributed by atoms with Crippen molar-refractivity contribution in [3.8, 4) is 0 Å². The third-order valence-corrected chi connectivity index (χ3v) is 3.07. The first-order chi connectivity index (χ1) is 6.38. The van der Waals surface area contributed by atoms with Crippen LogP contribution in [0.2, 0.25) is 0 Å². The quantitative estimate of drug-likeness (QED) is 0.639. The van der Waals surface area contributed by atoms with E-state index in [1.54, 1.807) is 11.1 Å². The summed E-state index contributed by atoms with van der Waals surface area (Å²) >= 11 is 0. The van der Waals surface area contributed by atoms with Gasteiger partial charge in [0, 0.05) is 0 Å². The highest BCUT2D eigenvalue weighted by Crippen LogP contribution is 2.59. The van der Waals surface area contributed by atoms with E-state index < -0.39 is 0 Å². The van der Waals surface area contributed by atoms with Crippen molar-refractivity contribution in [2.45, 2.75) is 24.7 Å². The zero-order valence-electron chi connectivity index (χ0n) is 8.38. The van der Waals surface area contributed by atoms with Crippen LogP contribution in [0.15, 0.2) is 24.3 Å². The van der Waals surface area contributed by atoms with Crippen molar-refractivity contribution in [3.63, 3.8) is 0 Å². The van der Waals surface area contributed by atoms with Crippen molar-refractivity contribution < 1.29 is 0 Å². The van der Waals surface area contributed by atoms with E-state index >= 15 is 0 Å². The largest absolute Gasteiger partial charge is 0.323 e. The summed E-state index contributed by atoms with van der Waals surface area (Å²) in [6.45, 7) is 0. The second kappa shape index (κ2) is 3.51. The summed E-state index contributed by atoms with van der Waals surface area (Å²) in [7, 11) is 3.75. The molecule has 3 rings (SSSR count). The van der Waals surface area contributed by atoms with Gasteiger partial charge in [-0.05, 0) is 49.9 Å². The maximum absolute atomic E-state index is 2.75. The van der Waals surface area contributed by atoms with Gasteiger partial charge in [0.25, 0.3) is 0 Å². The molecule has 1 nitrogen and oxygen atoms in total. The first kappa shape index (κ1) is 8.76. The lowest BCUT2D eigenvalue weighted by Crippen LogP contribution is -2.32. The lowest BCUT2D eigenvalue weighted by atomic mass is 9.56. The molecule has 1 aromatic carbocycles. The summed E-state index contributed by atoms with van der Waals surface area (Å²) in [5.41, 5.74) is 3.28. The van der Waals surface area contributed by atoms with Crippen molar-refractivity contribution in [3.05, 3.63) is 35.4 Å². The standard InChI is InChI=1S/C10H10.C2H7N/c1-2-4-8-7(3-1)9-5-6-10(8)9;1-3-2/h1-4,9-10H,5-6H2;3H,1-2H3. The van der Waals surface area contributed by atoms with E-state index in [1.165, 1.54) is 12.8 Å². The van der Waals surface area contributed by atoms with Crippen LogP contribution in [0, 0.1) is 0 Å². The Morgan fingerprint density at radius 3 is 1.69 bits per heavy atom. The fourth-order valence-corrected chi connectivity index (χ4v) is 2.33. The summed E-state index contributed by atoms with van der Waals surface area (Å²) in [6.07, 6.45) is 2.89. The summed E-state index contributed by atoms with van der Waals surface area (Å²) in [5.74, 6) is 1.94. The zero-order chi connectivity index (χ0) is 9.26. The summed E-state index contributed by atoms with van der Waals surface area (Å²) < 4.78 is 0.